The van der Waals surface area contributed by atoms with Crippen LogP contribution < -0.4 is 0 Å². The third-order valence-corrected chi connectivity index (χ3v) is 6.20. The van der Waals surface area contributed by atoms with Gasteiger partial charge in [0.05, 0.1) is 11.5 Å². The van der Waals surface area contributed by atoms with E-state index >= 15 is 0 Å². The Hall–Kier alpha value is -1.07. The van der Waals surface area contributed by atoms with Gasteiger partial charge in [-0.3, -0.25) is 4.90 Å². The molecule has 22 heavy (non-hydrogen) atoms. The Morgan fingerprint density at radius 3 is 2.50 bits per heavy atom. The smallest absolute Gasteiger partial charge is 0.151 e. The van der Waals surface area contributed by atoms with Gasteiger partial charge in [-0.15, -0.1) is 0 Å². The predicted octanol–water partition coefficient (Wildman–Crippen LogP) is 2.70. The molecule has 1 aliphatic heterocycles. The topological polar surface area (TPSA) is 57.6 Å². The van der Waals surface area contributed by atoms with Crippen molar-refractivity contribution in [3.05, 3.63) is 29.3 Å². The molecule has 1 aromatic rings. The van der Waals surface area contributed by atoms with Crippen LogP contribution in [0.15, 0.2) is 18.2 Å². The zero-order valence-electron chi connectivity index (χ0n) is 14.0. The van der Waals surface area contributed by atoms with Crippen molar-refractivity contribution in [3.8, 4) is 5.75 Å². The van der Waals surface area contributed by atoms with Crippen molar-refractivity contribution in [3.63, 3.8) is 0 Å². The Balaban J connectivity index is 2.21. The zero-order chi connectivity index (χ0) is 16.5. The third kappa shape index (κ3) is 4.02. The van der Waals surface area contributed by atoms with E-state index in [9.17, 15) is 13.5 Å². The van der Waals surface area contributed by atoms with Gasteiger partial charge in [0.25, 0.3) is 0 Å². The first-order valence-corrected chi connectivity index (χ1v) is 9.71. The maximum absolute atomic E-state index is 11.7. The largest absolute Gasteiger partial charge is 0.508 e. The first kappa shape index (κ1) is 17.3. The highest BCUT2D eigenvalue weighted by atomic mass is 32.2. The van der Waals surface area contributed by atoms with Gasteiger partial charge in [-0.25, -0.2) is 8.42 Å². The molecule has 0 bridgehead atoms. The number of nitrogens with zero attached hydrogens (tertiary/aromatic N) is 1. The standard InChI is InChI=1S/C17H27NO3S/c1-5-18(15-8-9-22(20,21)12-15)11-13-10-14(17(2,3)4)6-7-16(13)19/h6-7,10,15,19H,5,8-9,11-12H2,1-4H3/t15-/m0/s1. The Morgan fingerprint density at radius 2 is 2.00 bits per heavy atom. The summed E-state index contributed by atoms with van der Waals surface area (Å²) in [7, 11) is -2.89. The molecule has 0 amide bonds. The van der Waals surface area contributed by atoms with Gasteiger partial charge in [0, 0.05) is 18.2 Å². The molecular formula is C17H27NO3S. The van der Waals surface area contributed by atoms with E-state index in [0.29, 0.717) is 13.0 Å². The lowest BCUT2D eigenvalue weighted by molar-refractivity contribution is 0.212. The molecule has 0 spiro atoms. The van der Waals surface area contributed by atoms with Crippen LogP contribution in [0.2, 0.25) is 0 Å². The van der Waals surface area contributed by atoms with E-state index in [2.05, 4.69) is 25.7 Å². The Bertz CT molecular complexity index is 632. The van der Waals surface area contributed by atoms with E-state index in [1.165, 1.54) is 5.56 Å². The lowest BCUT2D eigenvalue weighted by Gasteiger charge is -2.28. The van der Waals surface area contributed by atoms with Crippen LogP contribution >= 0.6 is 0 Å². The van der Waals surface area contributed by atoms with Gasteiger partial charge in [-0.2, -0.15) is 0 Å². The quantitative estimate of drug-likeness (QED) is 0.925. The van der Waals surface area contributed by atoms with E-state index in [0.717, 1.165) is 12.1 Å². The number of hydrogen-bond acceptors (Lipinski definition) is 4. The normalized spacial score (nSPS) is 21.4. The minimum Gasteiger partial charge on any atom is -0.508 e. The fourth-order valence-corrected chi connectivity index (χ4v) is 4.72. The first-order chi connectivity index (χ1) is 10.1. The van der Waals surface area contributed by atoms with Crippen molar-refractivity contribution in [2.45, 2.75) is 52.1 Å². The lowest BCUT2D eigenvalue weighted by Crippen LogP contribution is -2.35. The van der Waals surface area contributed by atoms with Crippen molar-refractivity contribution in [1.29, 1.82) is 0 Å². The molecule has 1 saturated heterocycles. The van der Waals surface area contributed by atoms with E-state index in [4.69, 9.17) is 0 Å². The molecule has 1 N–H and O–H groups in total. The monoisotopic (exact) mass is 325 g/mol. The second kappa shape index (κ2) is 6.20. The molecule has 1 atom stereocenters. The van der Waals surface area contributed by atoms with Gasteiger partial charge in [0.2, 0.25) is 0 Å². The summed E-state index contributed by atoms with van der Waals surface area (Å²) in [5.74, 6) is 0.801. The Labute approximate surface area is 134 Å². The number of phenolic OH excluding ortho intramolecular Hbond substituents is 1. The molecule has 1 aromatic carbocycles. The zero-order valence-corrected chi connectivity index (χ0v) is 14.8. The minimum absolute atomic E-state index is 0.0240. The molecule has 1 heterocycles. The molecule has 124 valence electrons. The summed E-state index contributed by atoms with van der Waals surface area (Å²) >= 11 is 0. The minimum atomic E-state index is -2.89. The Morgan fingerprint density at radius 1 is 1.32 bits per heavy atom. The fourth-order valence-electron chi connectivity index (χ4n) is 2.96. The summed E-state index contributed by atoms with van der Waals surface area (Å²) in [6, 6.07) is 5.80. The van der Waals surface area contributed by atoms with Crippen molar-refractivity contribution < 1.29 is 13.5 Å². The molecule has 4 nitrogen and oxygen atoms in total. The molecule has 1 fully saturated rings. The summed E-state index contributed by atoms with van der Waals surface area (Å²) in [5, 5.41) is 10.1. The highest BCUT2D eigenvalue weighted by molar-refractivity contribution is 7.91. The number of aromatic hydroxyl groups is 1. The number of hydrogen-bond donors (Lipinski definition) is 1. The molecular weight excluding hydrogens is 298 g/mol. The van der Waals surface area contributed by atoms with Crippen LogP contribution in [0.1, 0.15) is 45.2 Å². The molecule has 5 heteroatoms. The second-order valence-corrected chi connectivity index (χ2v) is 9.44. The molecule has 0 aromatic heterocycles. The van der Waals surface area contributed by atoms with Crippen LogP contribution in [0.5, 0.6) is 5.75 Å². The van der Waals surface area contributed by atoms with Gasteiger partial charge in [-0.05, 0) is 30.0 Å². The van der Waals surface area contributed by atoms with Crippen LogP contribution in [-0.2, 0) is 21.8 Å². The van der Waals surface area contributed by atoms with Crippen molar-refractivity contribution in [2.75, 3.05) is 18.1 Å². The van der Waals surface area contributed by atoms with Gasteiger partial charge >= 0.3 is 0 Å². The van der Waals surface area contributed by atoms with Crippen molar-refractivity contribution in [2.24, 2.45) is 0 Å². The average Bonchev–Trinajstić information content (AvgIpc) is 2.76. The lowest BCUT2D eigenvalue weighted by atomic mass is 9.86. The average molecular weight is 325 g/mol. The number of phenols is 1. The fraction of sp³-hybridized carbons (Fsp3) is 0.647. The summed E-state index contributed by atoms with van der Waals surface area (Å²) in [4.78, 5) is 2.16. The van der Waals surface area contributed by atoms with E-state index in [1.807, 2.05) is 19.1 Å². The molecule has 0 unspecified atom stereocenters. The van der Waals surface area contributed by atoms with Crippen LogP contribution in [0, 0.1) is 0 Å². The van der Waals surface area contributed by atoms with Crippen LogP contribution in [0.4, 0.5) is 0 Å². The summed E-state index contributed by atoms with van der Waals surface area (Å²) in [6.07, 6.45) is 0.690. The summed E-state index contributed by atoms with van der Waals surface area (Å²) < 4.78 is 23.4. The van der Waals surface area contributed by atoms with Crippen LogP contribution in [0.25, 0.3) is 0 Å². The van der Waals surface area contributed by atoms with E-state index in [-0.39, 0.29) is 28.7 Å². The van der Waals surface area contributed by atoms with Gasteiger partial charge in [-0.1, -0.05) is 39.8 Å². The third-order valence-electron chi connectivity index (χ3n) is 4.45. The SMILES string of the molecule is CCN(Cc1cc(C(C)(C)C)ccc1O)[C@H]1CCS(=O)(=O)C1. The predicted molar refractivity (Wildman–Crippen MR) is 89.9 cm³/mol. The van der Waals surface area contributed by atoms with Crippen LogP contribution in [0.3, 0.4) is 0 Å². The van der Waals surface area contributed by atoms with E-state index < -0.39 is 9.84 Å². The van der Waals surface area contributed by atoms with Gasteiger partial charge < -0.3 is 5.11 Å². The molecule has 0 radical (unpaired) electrons. The van der Waals surface area contributed by atoms with E-state index in [1.54, 1.807) is 6.07 Å². The maximum atomic E-state index is 11.7. The number of sulfone groups is 1. The Kier molecular flexibility index (Phi) is 4.87. The van der Waals surface area contributed by atoms with Crippen LogP contribution in [-0.4, -0.2) is 42.5 Å². The first-order valence-electron chi connectivity index (χ1n) is 7.89. The molecule has 0 saturated carbocycles. The van der Waals surface area contributed by atoms with Gasteiger partial charge in [0.15, 0.2) is 9.84 Å². The number of benzene rings is 1. The van der Waals surface area contributed by atoms with Crippen molar-refractivity contribution >= 4 is 9.84 Å². The molecule has 0 aliphatic carbocycles. The highest BCUT2D eigenvalue weighted by Crippen LogP contribution is 2.29. The number of rotatable bonds is 4. The highest BCUT2D eigenvalue weighted by Gasteiger charge is 2.32. The molecule has 2 rings (SSSR count). The summed E-state index contributed by atoms with van der Waals surface area (Å²) in [6.45, 7) is 9.83. The second-order valence-electron chi connectivity index (χ2n) is 7.21. The molecule has 1 aliphatic rings. The van der Waals surface area contributed by atoms with Crippen molar-refractivity contribution in [1.82, 2.24) is 4.90 Å². The van der Waals surface area contributed by atoms with Gasteiger partial charge in [0.1, 0.15) is 5.75 Å². The maximum Gasteiger partial charge on any atom is 0.151 e. The summed E-state index contributed by atoms with van der Waals surface area (Å²) in [5.41, 5.74) is 2.07.